The Hall–Kier alpha value is -0.810. The molecule has 5 heteroatoms. The number of nitrogens with zero attached hydrogens (tertiary/aromatic N) is 2. The Morgan fingerprint density at radius 1 is 1.12 bits per heavy atom. The molecule has 0 aromatic carbocycles. The maximum absolute atomic E-state index is 9.19. The maximum Gasteiger partial charge on any atom is 0.191 e. The molecule has 154 valence electrons. The van der Waals surface area contributed by atoms with E-state index in [1.807, 2.05) is 0 Å². The Kier molecular flexibility index (Phi) is 12.8. The Morgan fingerprint density at radius 2 is 1.85 bits per heavy atom. The van der Waals surface area contributed by atoms with Gasteiger partial charge in [0.25, 0.3) is 0 Å². The van der Waals surface area contributed by atoms with Crippen molar-refractivity contribution in [1.29, 1.82) is 0 Å². The lowest BCUT2D eigenvalue weighted by molar-refractivity contribution is 0.139. The highest BCUT2D eigenvalue weighted by Gasteiger charge is 2.20. The molecule has 1 saturated heterocycles. The zero-order valence-corrected chi connectivity index (χ0v) is 17.8. The fourth-order valence-electron chi connectivity index (χ4n) is 4.12. The third kappa shape index (κ3) is 10.4. The molecule has 3 unspecified atom stereocenters. The lowest BCUT2D eigenvalue weighted by Crippen LogP contribution is -2.40. The summed E-state index contributed by atoms with van der Waals surface area (Å²) < 4.78 is 0. The summed E-state index contributed by atoms with van der Waals surface area (Å²) in [6, 6.07) is 0. The van der Waals surface area contributed by atoms with Gasteiger partial charge in [0, 0.05) is 39.3 Å². The highest BCUT2D eigenvalue weighted by atomic mass is 16.3. The molecule has 1 aliphatic heterocycles. The van der Waals surface area contributed by atoms with Crippen molar-refractivity contribution in [3.63, 3.8) is 0 Å². The van der Waals surface area contributed by atoms with Crippen molar-refractivity contribution in [3.8, 4) is 0 Å². The van der Waals surface area contributed by atoms with E-state index in [2.05, 4.69) is 43.2 Å². The molecule has 1 fully saturated rings. The van der Waals surface area contributed by atoms with Gasteiger partial charge in [0.05, 0.1) is 0 Å². The van der Waals surface area contributed by atoms with Crippen LogP contribution in [-0.2, 0) is 0 Å². The van der Waals surface area contributed by atoms with Gasteiger partial charge in [-0.3, -0.25) is 4.99 Å². The molecule has 1 heterocycles. The van der Waals surface area contributed by atoms with E-state index in [0.29, 0.717) is 5.92 Å². The van der Waals surface area contributed by atoms with Crippen LogP contribution in [0.3, 0.4) is 0 Å². The molecule has 26 heavy (non-hydrogen) atoms. The summed E-state index contributed by atoms with van der Waals surface area (Å²) in [5, 5.41) is 16.0. The van der Waals surface area contributed by atoms with Gasteiger partial charge < -0.3 is 20.6 Å². The Morgan fingerprint density at radius 3 is 2.46 bits per heavy atom. The first kappa shape index (κ1) is 23.2. The lowest BCUT2D eigenvalue weighted by atomic mass is 9.92. The number of rotatable bonds is 12. The average molecular weight is 369 g/mol. The summed E-state index contributed by atoms with van der Waals surface area (Å²) in [5.74, 6) is 3.11. The zero-order valence-electron chi connectivity index (χ0n) is 17.8. The Balaban J connectivity index is 2.26. The highest BCUT2D eigenvalue weighted by Crippen LogP contribution is 2.20. The number of aliphatic hydroxyl groups excluding tert-OH is 1. The van der Waals surface area contributed by atoms with E-state index in [1.165, 1.54) is 38.9 Å². The first-order valence-electron chi connectivity index (χ1n) is 10.9. The summed E-state index contributed by atoms with van der Waals surface area (Å²) in [7, 11) is 0. The molecule has 3 atom stereocenters. The van der Waals surface area contributed by atoms with Gasteiger partial charge in [-0.25, -0.2) is 0 Å². The third-order valence-electron chi connectivity index (χ3n) is 5.22. The minimum atomic E-state index is 0.262. The molecule has 0 aromatic rings. The van der Waals surface area contributed by atoms with Crippen molar-refractivity contribution >= 4 is 5.96 Å². The SMILES string of the molecule is CCCC(CCO)CN=C(NCC)NCCCCN1CC(C)CC(C)C1. The van der Waals surface area contributed by atoms with Crippen LogP contribution in [0.2, 0.25) is 0 Å². The van der Waals surface area contributed by atoms with Crippen LogP contribution in [-0.4, -0.2) is 61.8 Å². The van der Waals surface area contributed by atoms with Crippen LogP contribution in [0.1, 0.15) is 66.2 Å². The molecule has 0 amide bonds. The van der Waals surface area contributed by atoms with Crippen molar-refractivity contribution in [2.75, 3.05) is 45.9 Å². The van der Waals surface area contributed by atoms with Crippen LogP contribution in [0.4, 0.5) is 0 Å². The van der Waals surface area contributed by atoms with Crippen LogP contribution in [0.25, 0.3) is 0 Å². The van der Waals surface area contributed by atoms with E-state index in [1.54, 1.807) is 0 Å². The molecule has 0 aliphatic carbocycles. The normalized spacial score (nSPS) is 23.0. The van der Waals surface area contributed by atoms with Crippen LogP contribution < -0.4 is 10.6 Å². The van der Waals surface area contributed by atoms with E-state index < -0.39 is 0 Å². The number of aliphatic hydroxyl groups is 1. The molecule has 1 aliphatic rings. The first-order chi connectivity index (χ1) is 12.6. The number of nitrogens with one attached hydrogen (secondary N) is 2. The largest absolute Gasteiger partial charge is 0.396 e. The van der Waals surface area contributed by atoms with Crippen molar-refractivity contribution < 1.29 is 5.11 Å². The van der Waals surface area contributed by atoms with E-state index >= 15 is 0 Å². The quantitative estimate of drug-likeness (QED) is 0.281. The smallest absolute Gasteiger partial charge is 0.191 e. The van der Waals surface area contributed by atoms with Crippen LogP contribution >= 0.6 is 0 Å². The topological polar surface area (TPSA) is 59.9 Å². The molecule has 0 radical (unpaired) electrons. The number of unbranched alkanes of at least 4 members (excludes halogenated alkanes) is 1. The van der Waals surface area contributed by atoms with E-state index in [0.717, 1.165) is 56.7 Å². The van der Waals surface area contributed by atoms with Gasteiger partial charge in [0.1, 0.15) is 0 Å². The van der Waals surface area contributed by atoms with E-state index in [9.17, 15) is 5.11 Å². The van der Waals surface area contributed by atoms with Crippen molar-refractivity contribution in [3.05, 3.63) is 0 Å². The molecule has 5 nitrogen and oxygen atoms in total. The second-order valence-electron chi connectivity index (χ2n) is 8.23. The van der Waals surface area contributed by atoms with Gasteiger partial charge in [-0.1, -0.05) is 27.2 Å². The summed E-state index contributed by atoms with van der Waals surface area (Å²) in [4.78, 5) is 7.37. The Bertz CT molecular complexity index is 359. The average Bonchev–Trinajstić information content (AvgIpc) is 2.58. The molecular weight excluding hydrogens is 324 g/mol. The monoisotopic (exact) mass is 368 g/mol. The number of hydrogen-bond donors (Lipinski definition) is 3. The van der Waals surface area contributed by atoms with Crippen molar-refractivity contribution in [2.24, 2.45) is 22.7 Å². The number of piperidine rings is 1. The number of guanidine groups is 1. The van der Waals surface area contributed by atoms with Gasteiger partial charge in [-0.05, 0) is 63.3 Å². The van der Waals surface area contributed by atoms with Gasteiger partial charge >= 0.3 is 0 Å². The molecule has 0 aromatic heterocycles. The standard InChI is InChI=1S/C21H44N4O/c1-5-9-20(10-13-26)15-24-21(22-6-2)23-11-7-8-12-25-16-18(3)14-19(4)17-25/h18-20,26H,5-17H2,1-4H3,(H2,22,23,24). The molecule has 0 bridgehead atoms. The zero-order chi connectivity index (χ0) is 19.2. The van der Waals surface area contributed by atoms with Crippen LogP contribution in [0, 0.1) is 17.8 Å². The van der Waals surface area contributed by atoms with Crippen LogP contribution in [0.15, 0.2) is 4.99 Å². The number of aliphatic imine (C=N–C) groups is 1. The first-order valence-corrected chi connectivity index (χ1v) is 10.9. The lowest BCUT2D eigenvalue weighted by Gasteiger charge is -2.34. The van der Waals surface area contributed by atoms with Gasteiger partial charge in [-0.2, -0.15) is 0 Å². The fourth-order valence-corrected chi connectivity index (χ4v) is 4.12. The predicted octanol–water partition coefficient (Wildman–Crippen LogP) is 3.10. The van der Waals surface area contributed by atoms with Crippen molar-refractivity contribution in [2.45, 2.75) is 66.2 Å². The van der Waals surface area contributed by atoms with Crippen LogP contribution in [0.5, 0.6) is 0 Å². The molecule has 0 saturated carbocycles. The minimum Gasteiger partial charge on any atom is -0.396 e. The predicted molar refractivity (Wildman–Crippen MR) is 113 cm³/mol. The van der Waals surface area contributed by atoms with E-state index in [4.69, 9.17) is 4.99 Å². The van der Waals surface area contributed by atoms with Gasteiger partial charge in [-0.15, -0.1) is 0 Å². The Labute approximate surface area is 162 Å². The second kappa shape index (κ2) is 14.3. The second-order valence-corrected chi connectivity index (χ2v) is 8.23. The highest BCUT2D eigenvalue weighted by molar-refractivity contribution is 5.79. The third-order valence-corrected chi connectivity index (χ3v) is 5.22. The van der Waals surface area contributed by atoms with Crippen molar-refractivity contribution in [1.82, 2.24) is 15.5 Å². The summed E-state index contributed by atoms with van der Waals surface area (Å²) in [5.41, 5.74) is 0. The van der Waals surface area contributed by atoms with Gasteiger partial charge in [0.2, 0.25) is 0 Å². The fraction of sp³-hybridized carbons (Fsp3) is 0.952. The molecule has 3 N–H and O–H groups in total. The summed E-state index contributed by atoms with van der Waals surface area (Å²) in [6.45, 7) is 15.7. The summed E-state index contributed by atoms with van der Waals surface area (Å²) >= 11 is 0. The van der Waals surface area contributed by atoms with E-state index in [-0.39, 0.29) is 6.61 Å². The van der Waals surface area contributed by atoms with Gasteiger partial charge in [0.15, 0.2) is 5.96 Å². The molecular formula is C21H44N4O. The molecule has 0 spiro atoms. The summed E-state index contributed by atoms with van der Waals surface area (Å²) in [6.07, 6.45) is 6.95. The maximum atomic E-state index is 9.19. The number of likely N-dealkylation sites (tertiary alicyclic amines) is 1. The minimum absolute atomic E-state index is 0.262. The molecule has 1 rings (SSSR count). The number of hydrogen-bond acceptors (Lipinski definition) is 3.